The van der Waals surface area contributed by atoms with Crippen LogP contribution in [0.2, 0.25) is 0 Å². The first-order valence-corrected chi connectivity index (χ1v) is 10.7. The van der Waals surface area contributed by atoms with Crippen molar-refractivity contribution in [2.45, 2.75) is 25.7 Å². The summed E-state index contributed by atoms with van der Waals surface area (Å²) in [5.41, 5.74) is 3.33. The van der Waals surface area contributed by atoms with Crippen LogP contribution < -0.4 is 14.4 Å². The summed E-state index contributed by atoms with van der Waals surface area (Å²) >= 11 is 0. The number of aryl methyl sites for hydroxylation is 1. The van der Waals surface area contributed by atoms with Crippen molar-refractivity contribution in [3.63, 3.8) is 0 Å². The smallest absolute Gasteiger partial charge is 0.180 e. The molecule has 164 valence electrons. The highest BCUT2D eigenvalue weighted by atomic mass is 19.1. The van der Waals surface area contributed by atoms with Gasteiger partial charge < -0.3 is 14.4 Å². The van der Waals surface area contributed by atoms with Crippen molar-refractivity contribution in [2.75, 3.05) is 31.7 Å². The lowest BCUT2D eigenvalue weighted by Gasteiger charge is -2.21. The number of carbonyl (C=O) groups excluding carboxylic acids is 1. The molecule has 7 nitrogen and oxygen atoms in total. The molecule has 0 saturated heterocycles. The van der Waals surface area contributed by atoms with Gasteiger partial charge in [0.25, 0.3) is 0 Å². The third-order valence-electron chi connectivity index (χ3n) is 5.64. The number of fused-ring (bicyclic) bond motifs is 2. The van der Waals surface area contributed by atoms with Crippen molar-refractivity contribution in [2.24, 2.45) is 0 Å². The molecule has 1 aliphatic heterocycles. The number of nitrogens with zero attached hydrogens (tertiary/aromatic N) is 4. The van der Waals surface area contributed by atoms with Crippen LogP contribution in [0.4, 0.5) is 10.2 Å². The van der Waals surface area contributed by atoms with Crippen LogP contribution in [0, 0.1) is 5.82 Å². The number of aromatic nitrogens is 3. The molecule has 0 atom stereocenters. The quantitative estimate of drug-likeness (QED) is 0.590. The number of benzene rings is 1. The maximum Gasteiger partial charge on any atom is 0.180 e. The van der Waals surface area contributed by atoms with Crippen LogP contribution in [-0.2, 0) is 24.1 Å². The van der Waals surface area contributed by atoms with Crippen molar-refractivity contribution < 1.29 is 18.7 Å². The molecular formula is C24H23FN4O3. The average molecular weight is 434 g/mol. The standard InChI is InChI=1S/C24H23FN4O3/c1-29(14-17(30)11-15-4-2-5-16(25)10-15)24-18-6-3-7-19(18)27-23(28-24)20-12-21-22(13-26-20)32-9-8-31-21/h2,4-5,10,12-13H,3,6-9,11,14H2,1H3. The highest BCUT2D eigenvalue weighted by Gasteiger charge is 2.24. The fourth-order valence-electron chi connectivity index (χ4n) is 4.18. The van der Waals surface area contributed by atoms with Gasteiger partial charge in [0.15, 0.2) is 23.1 Å². The number of ketones is 1. The summed E-state index contributed by atoms with van der Waals surface area (Å²) in [5, 5.41) is 0. The van der Waals surface area contributed by atoms with E-state index in [1.165, 1.54) is 12.1 Å². The third-order valence-corrected chi connectivity index (χ3v) is 5.64. The minimum absolute atomic E-state index is 0.0116. The van der Waals surface area contributed by atoms with Crippen LogP contribution in [0.25, 0.3) is 11.5 Å². The molecule has 0 amide bonds. The van der Waals surface area contributed by atoms with Crippen molar-refractivity contribution in [3.05, 3.63) is 59.2 Å². The summed E-state index contributed by atoms with van der Waals surface area (Å²) in [7, 11) is 1.85. The van der Waals surface area contributed by atoms with E-state index in [1.807, 2.05) is 11.9 Å². The van der Waals surface area contributed by atoms with E-state index in [2.05, 4.69) is 4.98 Å². The van der Waals surface area contributed by atoms with Gasteiger partial charge in [-0.25, -0.2) is 19.3 Å². The zero-order valence-electron chi connectivity index (χ0n) is 17.8. The Bertz CT molecular complexity index is 1180. The summed E-state index contributed by atoms with van der Waals surface area (Å²) in [6.45, 7) is 1.17. The molecule has 0 radical (unpaired) electrons. The predicted octanol–water partition coefficient (Wildman–Crippen LogP) is 3.19. The zero-order chi connectivity index (χ0) is 22.1. The van der Waals surface area contributed by atoms with Crippen LogP contribution >= 0.6 is 0 Å². The second-order valence-corrected chi connectivity index (χ2v) is 8.06. The van der Waals surface area contributed by atoms with Crippen LogP contribution in [0.5, 0.6) is 11.5 Å². The number of halogens is 1. The van der Waals surface area contributed by atoms with Crippen molar-refractivity contribution in [1.82, 2.24) is 15.0 Å². The number of hydrogen-bond acceptors (Lipinski definition) is 7. The molecule has 0 spiro atoms. The number of hydrogen-bond donors (Lipinski definition) is 0. The van der Waals surface area contributed by atoms with Gasteiger partial charge in [-0.2, -0.15) is 0 Å². The first-order chi connectivity index (χ1) is 15.6. The van der Waals surface area contributed by atoms with Crippen LogP contribution in [0.15, 0.2) is 36.5 Å². The fraction of sp³-hybridized carbons (Fsp3) is 0.333. The molecule has 32 heavy (non-hydrogen) atoms. The molecule has 1 aliphatic carbocycles. The van der Waals surface area contributed by atoms with E-state index < -0.39 is 0 Å². The number of Topliss-reactive ketones (excluding diaryl/α,β-unsaturated/α-hetero) is 1. The van der Waals surface area contributed by atoms with E-state index in [4.69, 9.17) is 19.4 Å². The van der Waals surface area contributed by atoms with Crippen molar-refractivity contribution >= 4 is 11.6 Å². The first kappa shape index (κ1) is 20.4. The Morgan fingerprint density at radius 1 is 1.12 bits per heavy atom. The maximum absolute atomic E-state index is 13.4. The number of pyridine rings is 1. The lowest BCUT2D eigenvalue weighted by Crippen LogP contribution is -2.28. The van der Waals surface area contributed by atoms with E-state index >= 15 is 0 Å². The summed E-state index contributed by atoms with van der Waals surface area (Å²) in [5.74, 6) is 2.14. The Labute approximate surface area is 185 Å². The van der Waals surface area contributed by atoms with E-state index in [-0.39, 0.29) is 24.6 Å². The molecule has 0 N–H and O–H groups in total. The molecule has 3 heterocycles. The van der Waals surface area contributed by atoms with Crippen LogP contribution in [0.1, 0.15) is 23.2 Å². The van der Waals surface area contributed by atoms with Crippen LogP contribution in [-0.4, -0.2) is 47.5 Å². The Hall–Kier alpha value is -3.55. The Morgan fingerprint density at radius 2 is 1.97 bits per heavy atom. The zero-order valence-corrected chi connectivity index (χ0v) is 17.8. The highest BCUT2D eigenvalue weighted by Crippen LogP contribution is 2.34. The van der Waals surface area contributed by atoms with Gasteiger partial charge in [0.05, 0.1) is 12.7 Å². The maximum atomic E-state index is 13.4. The number of ether oxygens (including phenoxy) is 2. The van der Waals surface area contributed by atoms with E-state index in [0.717, 1.165) is 36.3 Å². The van der Waals surface area contributed by atoms with Gasteiger partial charge in [-0.05, 0) is 37.0 Å². The van der Waals surface area contributed by atoms with Gasteiger partial charge in [-0.15, -0.1) is 0 Å². The van der Waals surface area contributed by atoms with E-state index in [0.29, 0.717) is 41.8 Å². The summed E-state index contributed by atoms with van der Waals surface area (Å²) in [6.07, 6.45) is 4.55. The Balaban J connectivity index is 1.41. The molecule has 8 heteroatoms. The van der Waals surface area contributed by atoms with Gasteiger partial charge in [-0.1, -0.05) is 12.1 Å². The van der Waals surface area contributed by atoms with Crippen LogP contribution in [0.3, 0.4) is 0 Å². The van der Waals surface area contributed by atoms with Crippen molar-refractivity contribution in [3.8, 4) is 23.0 Å². The second kappa shape index (κ2) is 8.53. The number of likely N-dealkylation sites (N-methyl/N-ethyl adjacent to an activating group) is 1. The van der Waals surface area contributed by atoms with Crippen molar-refractivity contribution in [1.29, 1.82) is 0 Å². The molecule has 3 aromatic rings. The Morgan fingerprint density at radius 3 is 2.81 bits per heavy atom. The minimum atomic E-state index is -0.339. The van der Waals surface area contributed by atoms with Gasteiger partial charge in [0.1, 0.15) is 30.5 Å². The molecular weight excluding hydrogens is 411 g/mol. The Kier molecular flexibility index (Phi) is 5.43. The first-order valence-electron chi connectivity index (χ1n) is 10.7. The van der Waals surface area contributed by atoms with E-state index in [1.54, 1.807) is 24.4 Å². The van der Waals surface area contributed by atoms with Gasteiger partial charge in [0.2, 0.25) is 0 Å². The lowest BCUT2D eigenvalue weighted by molar-refractivity contribution is -0.117. The molecule has 0 saturated carbocycles. The number of rotatable bonds is 6. The average Bonchev–Trinajstić information content (AvgIpc) is 3.26. The lowest BCUT2D eigenvalue weighted by atomic mass is 10.1. The predicted molar refractivity (Wildman–Crippen MR) is 117 cm³/mol. The molecule has 1 aromatic carbocycles. The molecule has 2 aliphatic rings. The topological polar surface area (TPSA) is 77.4 Å². The van der Waals surface area contributed by atoms with Gasteiger partial charge >= 0.3 is 0 Å². The minimum Gasteiger partial charge on any atom is -0.486 e. The number of anilines is 1. The second-order valence-electron chi connectivity index (χ2n) is 8.06. The molecule has 2 aromatic heterocycles. The van der Waals surface area contributed by atoms with E-state index in [9.17, 15) is 9.18 Å². The largest absolute Gasteiger partial charge is 0.486 e. The molecule has 0 unspecified atom stereocenters. The molecule has 5 rings (SSSR count). The molecule has 0 bridgehead atoms. The fourth-order valence-corrected chi connectivity index (χ4v) is 4.18. The normalized spacial score (nSPS) is 14.2. The van der Waals surface area contributed by atoms with Gasteiger partial charge in [0, 0.05) is 30.8 Å². The third kappa shape index (κ3) is 4.12. The molecule has 0 fully saturated rings. The monoisotopic (exact) mass is 434 g/mol. The number of carbonyl (C=O) groups is 1. The summed E-state index contributed by atoms with van der Waals surface area (Å²) in [6, 6.07) is 7.94. The summed E-state index contributed by atoms with van der Waals surface area (Å²) in [4.78, 5) is 28.5. The SMILES string of the molecule is CN(CC(=O)Cc1cccc(F)c1)c1nc(-c2cc3c(cn2)OCCO3)nc2c1CCC2. The summed E-state index contributed by atoms with van der Waals surface area (Å²) < 4.78 is 24.7. The highest BCUT2D eigenvalue weighted by molar-refractivity contribution is 5.85. The van der Waals surface area contributed by atoms with Gasteiger partial charge in [-0.3, -0.25) is 4.79 Å².